The first-order valence-electron chi connectivity index (χ1n) is 10.6. The van der Waals surface area contributed by atoms with E-state index in [1.165, 1.54) is 0 Å². The molecule has 1 aromatic carbocycles. The molecule has 0 bridgehead atoms. The van der Waals surface area contributed by atoms with Crippen LogP contribution in [0, 0.1) is 11.3 Å². The average Bonchev–Trinajstić information content (AvgIpc) is 3.58. The molecule has 4 aromatic rings. The van der Waals surface area contributed by atoms with Crippen LogP contribution in [-0.4, -0.2) is 38.1 Å². The Labute approximate surface area is 184 Å². The third-order valence-corrected chi connectivity index (χ3v) is 6.14. The second kappa shape index (κ2) is 7.10. The topological polar surface area (TPSA) is 89.1 Å². The fraction of sp³-hybridized carbons (Fsp3) is 0.167. The minimum Gasteiger partial charge on any atom is -0.346 e. The minimum atomic E-state index is -0.0259. The summed E-state index contributed by atoms with van der Waals surface area (Å²) in [5, 5.41) is 15.4. The van der Waals surface area contributed by atoms with Gasteiger partial charge < -0.3 is 9.88 Å². The molecule has 8 nitrogen and oxygen atoms in total. The van der Waals surface area contributed by atoms with Crippen LogP contribution in [0.5, 0.6) is 0 Å². The Morgan fingerprint density at radius 2 is 2.00 bits per heavy atom. The number of rotatable bonds is 3. The molecule has 1 fully saturated rings. The largest absolute Gasteiger partial charge is 0.346 e. The van der Waals surface area contributed by atoms with Gasteiger partial charge in [0.1, 0.15) is 23.9 Å². The zero-order chi connectivity index (χ0) is 21.7. The molecule has 2 aliphatic heterocycles. The van der Waals surface area contributed by atoms with Crippen molar-refractivity contribution in [2.24, 2.45) is 5.10 Å². The van der Waals surface area contributed by atoms with Crippen molar-refractivity contribution in [2.75, 3.05) is 16.3 Å². The fourth-order valence-corrected chi connectivity index (χ4v) is 4.72. The summed E-state index contributed by atoms with van der Waals surface area (Å²) in [6, 6.07) is 16.4. The third-order valence-electron chi connectivity index (χ3n) is 6.14. The lowest BCUT2D eigenvalue weighted by atomic mass is 10.1. The maximum absolute atomic E-state index is 9.63. The van der Waals surface area contributed by atoms with Crippen molar-refractivity contribution in [2.45, 2.75) is 18.9 Å². The Morgan fingerprint density at radius 3 is 2.84 bits per heavy atom. The van der Waals surface area contributed by atoms with Crippen molar-refractivity contribution in [3.05, 3.63) is 79.0 Å². The lowest BCUT2D eigenvalue weighted by molar-refractivity contribution is 0.770. The Kier molecular flexibility index (Phi) is 4.08. The van der Waals surface area contributed by atoms with Crippen LogP contribution in [0.15, 0.2) is 72.9 Å². The molecular weight excluding hydrogens is 400 g/mol. The van der Waals surface area contributed by atoms with Crippen molar-refractivity contribution >= 4 is 34.1 Å². The van der Waals surface area contributed by atoms with Crippen molar-refractivity contribution < 1.29 is 0 Å². The second-order valence-corrected chi connectivity index (χ2v) is 7.90. The number of H-pyrrole nitrogens is 1. The van der Waals surface area contributed by atoms with Crippen LogP contribution in [0.4, 0.5) is 11.5 Å². The molecule has 32 heavy (non-hydrogen) atoms. The number of fused-ring (bicyclic) bond motifs is 2. The Hall–Kier alpha value is -4.38. The van der Waals surface area contributed by atoms with Gasteiger partial charge in [-0.05, 0) is 37.1 Å². The summed E-state index contributed by atoms with van der Waals surface area (Å²) < 4.78 is 1.89. The SMILES string of the molecule is C=C1c2cccn2N=C(C2CCCN2c2ncnc3[nH]cc(C#N)c23)N1c1ccccc1. The summed E-state index contributed by atoms with van der Waals surface area (Å²) >= 11 is 0. The standard InChI is InChI=1S/C24H20N8/c1-16-19-9-6-12-31(19)29-23(32(16)18-7-3-2-4-8-18)20-10-5-11-30(20)24-21-17(13-25)14-26-22(21)27-15-28-24/h2-4,6-9,12,14-15,20H,1,5,10-11H2,(H,26,27,28). The van der Waals surface area contributed by atoms with Crippen LogP contribution in [0.2, 0.25) is 0 Å². The fourth-order valence-electron chi connectivity index (χ4n) is 4.72. The smallest absolute Gasteiger partial charge is 0.157 e. The van der Waals surface area contributed by atoms with Gasteiger partial charge >= 0.3 is 0 Å². The van der Waals surface area contributed by atoms with E-state index in [0.29, 0.717) is 11.2 Å². The van der Waals surface area contributed by atoms with Gasteiger partial charge in [0, 0.05) is 24.6 Å². The molecule has 0 aliphatic carbocycles. The van der Waals surface area contributed by atoms with Gasteiger partial charge in [-0.25, -0.2) is 14.6 Å². The molecule has 0 amide bonds. The van der Waals surface area contributed by atoms with Crippen molar-refractivity contribution in [3.63, 3.8) is 0 Å². The zero-order valence-electron chi connectivity index (χ0n) is 17.3. The molecule has 156 valence electrons. The number of para-hydroxylation sites is 1. The number of hydrogen-bond donors (Lipinski definition) is 1. The summed E-state index contributed by atoms with van der Waals surface area (Å²) in [5.74, 6) is 1.65. The first-order chi connectivity index (χ1) is 15.8. The van der Waals surface area contributed by atoms with E-state index in [9.17, 15) is 5.26 Å². The number of nitrogens with one attached hydrogen (secondary N) is 1. The van der Waals surface area contributed by atoms with Gasteiger partial charge in [0.15, 0.2) is 5.84 Å². The zero-order valence-corrected chi connectivity index (χ0v) is 17.3. The average molecular weight is 420 g/mol. The van der Waals surface area contributed by atoms with E-state index in [1.807, 2.05) is 41.2 Å². The van der Waals surface area contributed by atoms with Gasteiger partial charge in [0.2, 0.25) is 0 Å². The molecule has 6 rings (SSSR count). The highest BCUT2D eigenvalue weighted by atomic mass is 15.5. The molecule has 0 radical (unpaired) electrons. The molecular formula is C24H20N8. The lowest BCUT2D eigenvalue weighted by Gasteiger charge is -2.37. The van der Waals surface area contributed by atoms with Crippen molar-refractivity contribution in [3.8, 4) is 6.07 Å². The van der Waals surface area contributed by atoms with Crippen LogP contribution in [0.1, 0.15) is 24.1 Å². The maximum Gasteiger partial charge on any atom is 0.157 e. The molecule has 0 saturated carbocycles. The van der Waals surface area contributed by atoms with Crippen LogP contribution in [0.3, 0.4) is 0 Å². The molecule has 0 spiro atoms. The first kappa shape index (κ1) is 18.4. The quantitative estimate of drug-likeness (QED) is 0.542. The Morgan fingerprint density at radius 1 is 1.12 bits per heavy atom. The number of nitrogens with zero attached hydrogens (tertiary/aromatic N) is 7. The molecule has 1 saturated heterocycles. The van der Waals surface area contributed by atoms with Crippen LogP contribution in [-0.2, 0) is 0 Å². The van der Waals surface area contributed by atoms with E-state index >= 15 is 0 Å². The molecule has 8 heteroatoms. The highest BCUT2D eigenvalue weighted by Crippen LogP contribution is 2.36. The van der Waals surface area contributed by atoms with E-state index in [2.05, 4.69) is 49.5 Å². The third kappa shape index (κ3) is 2.65. The summed E-state index contributed by atoms with van der Waals surface area (Å²) in [6.45, 7) is 5.23. The highest BCUT2D eigenvalue weighted by molar-refractivity contribution is 6.13. The van der Waals surface area contributed by atoms with E-state index < -0.39 is 0 Å². The van der Waals surface area contributed by atoms with Gasteiger partial charge in [-0.3, -0.25) is 4.90 Å². The highest BCUT2D eigenvalue weighted by Gasteiger charge is 2.38. The number of benzene rings is 1. The number of anilines is 2. The van der Waals surface area contributed by atoms with E-state index in [-0.39, 0.29) is 6.04 Å². The van der Waals surface area contributed by atoms with Gasteiger partial charge in [-0.1, -0.05) is 24.8 Å². The van der Waals surface area contributed by atoms with E-state index in [1.54, 1.807) is 12.5 Å². The predicted octanol–water partition coefficient (Wildman–Crippen LogP) is 3.95. The number of hydrogen-bond acceptors (Lipinski definition) is 6. The molecule has 2 aliphatic rings. The summed E-state index contributed by atoms with van der Waals surface area (Å²) in [6.07, 6.45) is 7.10. The first-order valence-corrected chi connectivity index (χ1v) is 10.6. The monoisotopic (exact) mass is 420 g/mol. The minimum absolute atomic E-state index is 0.0259. The Bertz CT molecular complexity index is 1400. The van der Waals surface area contributed by atoms with Gasteiger partial charge in [0.25, 0.3) is 0 Å². The van der Waals surface area contributed by atoms with Crippen LogP contribution >= 0.6 is 0 Å². The van der Waals surface area contributed by atoms with Gasteiger partial charge in [-0.2, -0.15) is 10.4 Å². The van der Waals surface area contributed by atoms with Crippen LogP contribution < -0.4 is 9.80 Å². The number of amidine groups is 1. The maximum atomic E-state index is 9.63. The van der Waals surface area contributed by atoms with E-state index in [0.717, 1.165) is 53.5 Å². The Balaban J connectivity index is 1.51. The normalized spacial score (nSPS) is 18.0. The van der Waals surface area contributed by atoms with Gasteiger partial charge in [0.05, 0.1) is 28.4 Å². The summed E-state index contributed by atoms with van der Waals surface area (Å²) in [5.41, 5.74) is 4.07. The molecule has 1 atom stereocenters. The number of nitriles is 1. The summed E-state index contributed by atoms with van der Waals surface area (Å²) in [4.78, 5) is 16.4. The predicted molar refractivity (Wildman–Crippen MR) is 124 cm³/mol. The molecule has 3 aromatic heterocycles. The van der Waals surface area contributed by atoms with Crippen molar-refractivity contribution in [1.82, 2.24) is 19.6 Å². The number of aromatic amines is 1. The molecule has 1 unspecified atom stereocenters. The van der Waals surface area contributed by atoms with E-state index in [4.69, 9.17) is 5.10 Å². The summed E-state index contributed by atoms with van der Waals surface area (Å²) in [7, 11) is 0. The molecule has 5 heterocycles. The van der Waals surface area contributed by atoms with Crippen molar-refractivity contribution in [1.29, 1.82) is 5.26 Å². The second-order valence-electron chi connectivity index (χ2n) is 7.90. The molecule has 1 N–H and O–H groups in total. The lowest BCUT2D eigenvalue weighted by Crippen LogP contribution is -2.47. The number of aromatic nitrogens is 4. The van der Waals surface area contributed by atoms with Gasteiger partial charge in [-0.15, -0.1) is 0 Å². The van der Waals surface area contributed by atoms with Crippen LogP contribution in [0.25, 0.3) is 16.7 Å².